The molecule has 0 spiro atoms. The average molecular weight is 217 g/mol. The van der Waals surface area contributed by atoms with Crippen LogP contribution in [-0.2, 0) is 0 Å². The Morgan fingerprint density at radius 1 is 1.38 bits per heavy atom. The predicted octanol–water partition coefficient (Wildman–Crippen LogP) is 1.26. The summed E-state index contributed by atoms with van der Waals surface area (Å²) in [5, 5.41) is 6.87. The molecule has 1 heterocycles. The molecule has 2 aromatic rings. The van der Waals surface area contributed by atoms with Gasteiger partial charge in [0.15, 0.2) is 0 Å². The van der Waals surface area contributed by atoms with Crippen molar-refractivity contribution in [3.8, 4) is 0 Å². The minimum atomic E-state index is -0.272. The van der Waals surface area contributed by atoms with Crippen LogP contribution in [0.4, 0.5) is 17.6 Å². The first-order chi connectivity index (χ1) is 7.66. The van der Waals surface area contributed by atoms with E-state index in [1.807, 2.05) is 30.3 Å². The lowest BCUT2D eigenvalue weighted by Crippen LogP contribution is -2.11. The van der Waals surface area contributed by atoms with E-state index in [-0.39, 0.29) is 11.9 Å². The van der Waals surface area contributed by atoms with E-state index in [0.29, 0.717) is 5.95 Å². The molecule has 0 bridgehead atoms. The average Bonchev–Trinajstić information content (AvgIpc) is 2.61. The molecule has 82 valence electrons. The lowest BCUT2D eigenvalue weighted by Gasteiger charge is -1.99. The maximum Gasteiger partial charge on any atom is 0.248 e. The van der Waals surface area contributed by atoms with Crippen LogP contribution in [0.5, 0.6) is 0 Å². The zero-order chi connectivity index (χ0) is 11.5. The van der Waals surface area contributed by atoms with Gasteiger partial charge in [0.25, 0.3) is 0 Å². The molecule has 2 rings (SSSR count). The van der Waals surface area contributed by atoms with Gasteiger partial charge in [-0.2, -0.15) is 9.67 Å². The molecule has 0 saturated carbocycles. The molecule has 1 aromatic carbocycles. The van der Waals surface area contributed by atoms with Gasteiger partial charge in [-0.25, -0.2) is 0 Å². The zero-order valence-electron chi connectivity index (χ0n) is 8.71. The summed E-state index contributed by atoms with van der Waals surface area (Å²) >= 11 is 0. The third-order valence-electron chi connectivity index (χ3n) is 1.96. The fourth-order valence-electron chi connectivity index (χ4n) is 1.26. The van der Waals surface area contributed by atoms with Crippen molar-refractivity contribution in [1.29, 1.82) is 0 Å². The Labute approximate surface area is 92.1 Å². The van der Waals surface area contributed by atoms with Gasteiger partial charge in [0.05, 0.1) is 0 Å². The molecular formula is C10H11N5O. The van der Waals surface area contributed by atoms with Crippen molar-refractivity contribution >= 4 is 23.5 Å². The number of benzene rings is 1. The smallest absolute Gasteiger partial charge is 0.248 e. The van der Waals surface area contributed by atoms with E-state index in [9.17, 15) is 4.79 Å². The standard InChI is InChI=1S/C10H11N5O/c1-7(16)15-9(11)13-10(14-15)12-8-5-3-2-4-6-8/h2-6H,1H3,(H3,11,12,13,14). The molecule has 0 aliphatic rings. The summed E-state index contributed by atoms with van der Waals surface area (Å²) in [6.07, 6.45) is 0. The fourth-order valence-corrected chi connectivity index (χ4v) is 1.26. The van der Waals surface area contributed by atoms with Crippen LogP contribution < -0.4 is 11.1 Å². The van der Waals surface area contributed by atoms with Crippen LogP contribution >= 0.6 is 0 Å². The van der Waals surface area contributed by atoms with Crippen LogP contribution in [-0.4, -0.2) is 20.7 Å². The van der Waals surface area contributed by atoms with Crippen molar-refractivity contribution < 1.29 is 4.79 Å². The van der Waals surface area contributed by atoms with Crippen molar-refractivity contribution in [2.75, 3.05) is 11.1 Å². The minimum absolute atomic E-state index is 0.0749. The number of carbonyl (C=O) groups excluding carboxylic acids is 1. The normalized spacial score (nSPS) is 10.1. The molecule has 0 fully saturated rings. The van der Waals surface area contributed by atoms with Crippen LogP contribution in [0.3, 0.4) is 0 Å². The molecule has 1 aromatic heterocycles. The highest BCUT2D eigenvalue weighted by Gasteiger charge is 2.09. The summed E-state index contributed by atoms with van der Waals surface area (Å²) in [6.45, 7) is 1.37. The summed E-state index contributed by atoms with van der Waals surface area (Å²) in [6, 6.07) is 9.40. The molecule has 6 heteroatoms. The number of hydrogen-bond acceptors (Lipinski definition) is 5. The quantitative estimate of drug-likeness (QED) is 0.791. The first-order valence-corrected chi connectivity index (χ1v) is 4.72. The number of aromatic nitrogens is 3. The number of nitrogens with one attached hydrogen (secondary N) is 1. The summed E-state index contributed by atoms with van der Waals surface area (Å²) in [4.78, 5) is 15.0. The SMILES string of the molecule is CC(=O)n1nc(Nc2ccccc2)nc1N. The molecule has 3 N–H and O–H groups in total. The second-order valence-corrected chi connectivity index (χ2v) is 3.22. The van der Waals surface area contributed by atoms with E-state index < -0.39 is 0 Å². The highest BCUT2D eigenvalue weighted by molar-refractivity contribution is 5.78. The summed E-state index contributed by atoms with van der Waals surface area (Å²) in [5.41, 5.74) is 6.36. The van der Waals surface area contributed by atoms with Crippen LogP contribution in [0, 0.1) is 0 Å². The number of nitrogens with zero attached hydrogens (tertiary/aromatic N) is 3. The topological polar surface area (TPSA) is 85.8 Å². The third-order valence-corrected chi connectivity index (χ3v) is 1.96. The monoisotopic (exact) mass is 217 g/mol. The maximum absolute atomic E-state index is 11.1. The van der Waals surface area contributed by atoms with Crippen molar-refractivity contribution in [2.24, 2.45) is 0 Å². The largest absolute Gasteiger partial charge is 0.368 e. The van der Waals surface area contributed by atoms with Gasteiger partial charge in [0.1, 0.15) is 0 Å². The molecular weight excluding hydrogens is 206 g/mol. The molecule has 0 amide bonds. The van der Waals surface area contributed by atoms with Crippen molar-refractivity contribution in [1.82, 2.24) is 14.8 Å². The Morgan fingerprint density at radius 3 is 2.62 bits per heavy atom. The summed E-state index contributed by atoms with van der Waals surface area (Å²) in [5.74, 6) is 0.107. The molecule has 16 heavy (non-hydrogen) atoms. The number of nitrogens with two attached hydrogens (primary N) is 1. The zero-order valence-corrected chi connectivity index (χ0v) is 8.71. The first kappa shape index (κ1) is 10.2. The third kappa shape index (κ3) is 2.00. The van der Waals surface area contributed by atoms with Gasteiger partial charge in [-0.15, -0.1) is 5.10 Å². The van der Waals surface area contributed by atoms with Gasteiger partial charge in [-0.1, -0.05) is 18.2 Å². The highest BCUT2D eigenvalue weighted by Crippen LogP contribution is 2.13. The van der Waals surface area contributed by atoms with E-state index in [0.717, 1.165) is 10.4 Å². The summed E-state index contributed by atoms with van der Waals surface area (Å²) in [7, 11) is 0. The van der Waals surface area contributed by atoms with Gasteiger partial charge in [-0.3, -0.25) is 4.79 Å². The second-order valence-electron chi connectivity index (χ2n) is 3.22. The molecule has 0 radical (unpaired) electrons. The Morgan fingerprint density at radius 2 is 2.06 bits per heavy atom. The van der Waals surface area contributed by atoms with Crippen molar-refractivity contribution in [3.63, 3.8) is 0 Å². The highest BCUT2D eigenvalue weighted by atomic mass is 16.2. The number of carbonyl (C=O) groups is 1. The van der Waals surface area contributed by atoms with Crippen LogP contribution in [0.2, 0.25) is 0 Å². The second kappa shape index (κ2) is 4.01. The Balaban J connectivity index is 2.23. The number of para-hydroxylation sites is 1. The Kier molecular flexibility index (Phi) is 2.55. The molecule has 0 saturated heterocycles. The van der Waals surface area contributed by atoms with E-state index in [1.165, 1.54) is 6.92 Å². The van der Waals surface area contributed by atoms with Gasteiger partial charge in [0.2, 0.25) is 17.8 Å². The lowest BCUT2D eigenvalue weighted by molar-refractivity contribution is 0.0924. The van der Waals surface area contributed by atoms with Crippen LogP contribution in [0.1, 0.15) is 11.7 Å². The van der Waals surface area contributed by atoms with Gasteiger partial charge < -0.3 is 11.1 Å². The van der Waals surface area contributed by atoms with E-state index >= 15 is 0 Å². The van der Waals surface area contributed by atoms with Gasteiger partial charge >= 0.3 is 0 Å². The fraction of sp³-hybridized carbons (Fsp3) is 0.100. The lowest BCUT2D eigenvalue weighted by atomic mass is 10.3. The molecule has 0 aliphatic carbocycles. The molecule has 0 unspecified atom stereocenters. The minimum Gasteiger partial charge on any atom is -0.368 e. The van der Waals surface area contributed by atoms with Gasteiger partial charge in [-0.05, 0) is 12.1 Å². The Bertz CT molecular complexity index is 505. The number of rotatable bonds is 2. The van der Waals surface area contributed by atoms with E-state index in [1.54, 1.807) is 0 Å². The van der Waals surface area contributed by atoms with Crippen molar-refractivity contribution in [2.45, 2.75) is 6.92 Å². The first-order valence-electron chi connectivity index (χ1n) is 4.72. The van der Waals surface area contributed by atoms with Gasteiger partial charge in [0, 0.05) is 12.6 Å². The predicted molar refractivity (Wildman–Crippen MR) is 60.5 cm³/mol. The number of anilines is 3. The maximum atomic E-state index is 11.1. The number of nitrogen functional groups attached to an aromatic ring is 1. The van der Waals surface area contributed by atoms with E-state index in [2.05, 4.69) is 15.4 Å². The number of hydrogen-bond donors (Lipinski definition) is 2. The summed E-state index contributed by atoms with van der Waals surface area (Å²) < 4.78 is 1.05. The van der Waals surface area contributed by atoms with E-state index in [4.69, 9.17) is 5.73 Å². The molecule has 6 nitrogen and oxygen atoms in total. The van der Waals surface area contributed by atoms with Crippen LogP contribution in [0.15, 0.2) is 30.3 Å². The Hall–Kier alpha value is -2.37. The van der Waals surface area contributed by atoms with Crippen molar-refractivity contribution in [3.05, 3.63) is 30.3 Å². The molecule has 0 aliphatic heterocycles. The van der Waals surface area contributed by atoms with Crippen LogP contribution in [0.25, 0.3) is 0 Å². The molecule has 0 atom stereocenters.